The van der Waals surface area contributed by atoms with Gasteiger partial charge in [-0.2, -0.15) is 0 Å². The molecule has 0 unspecified atom stereocenters. The molecule has 0 aliphatic heterocycles. The van der Waals surface area contributed by atoms with Crippen molar-refractivity contribution in [2.24, 2.45) is 0 Å². The third kappa shape index (κ3) is 4.21. The van der Waals surface area contributed by atoms with Crippen molar-refractivity contribution in [3.8, 4) is 0 Å². The standard InChI is InChI=1S/C15H24N2O2S/c1-3-17(15-7-4-6-13(2)12-15)20(18,19)11-5-10-16-14-8-9-14/h4,6-7,12,14,16H,3,5,8-11H2,1-2H3. The van der Waals surface area contributed by atoms with Crippen molar-refractivity contribution in [2.75, 3.05) is 23.1 Å². The maximum Gasteiger partial charge on any atom is 0.235 e. The van der Waals surface area contributed by atoms with Crippen molar-refractivity contribution in [3.63, 3.8) is 0 Å². The highest BCUT2D eigenvalue weighted by atomic mass is 32.2. The predicted molar refractivity (Wildman–Crippen MR) is 83.6 cm³/mol. The Balaban J connectivity index is 1.96. The number of hydrogen-bond donors (Lipinski definition) is 1. The van der Waals surface area contributed by atoms with Gasteiger partial charge in [0.15, 0.2) is 0 Å². The van der Waals surface area contributed by atoms with Crippen molar-refractivity contribution in [3.05, 3.63) is 29.8 Å². The van der Waals surface area contributed by atoms with Gasteiger partial charge >= 0.3 is 0 Å². The van der Waals surface area contributed by atoms with Gasteiger partial charge in [0.2, 0.25) is 10.0 Å². The van der Waals surface area contributed by atoms with E-state index in [4.69, 9.17) is 0 Å². The molecule has 0 radical (unpaired) electrons. The Bertz CT molecular complexity index is 539. The minimum Gasteiger partial charge on any atom is -0.314 e. The third-order valence-corrected chi connectivity index (χ3v) is 5.45. The molecule has 1 aromatic rings. The van der Waals surface area contributed by atoms with Gasteiger partial charge in [-0.3, -0.25) is 4.31 Å². The van der Waals surface area contributed by atoms with Crippen LogP contribution in [0.5, 0.6) is 0 Å². The number of nitrogens with zero attached hydrogens (tertiary/aromatic N) is 1. The normalized spacial score (nSPS) is 15.3. The second-order valence-corrected chi connectivity index (χ2v) is 7.41. The lowest BCUT2D eigenvalue weighted by atomic mass is 10.2. The zero-order chi connectivity index (χ0) is 14.6. The van der Waals surface area contributed by atoms with E-state index >= 15 is 0 Å². The van der Waals surface area contributed by atoms with E-state index in [1.165, 1.54) is 17.1 Å². The number of aryl methyl sites for hydroxylation is 1. The summed E-state index contributed by atoms with van der Waals surface area (Å²) in [5, 5.41) is 3.35. The summed E-state index contributed by atoms with van der Waals surface area (Å²) in [4.78, 5) is 0. The maximum atomic E-state index is 12.4. The molecule has 0 bridgehead atoms. The molecular weight excluding hydrogens is 272 g/mol. The van der Waals surface area contributed by atoms with Gasteiger partial charge in [0.1, 0.15) is 0 Å². The summed E-state index contributed by atoms with van der Waals surface area (Å²) in [6.45, 7) is 5.11. The van der Waals surface area contributed by atoms with Crippen molar-refractivity contribution in [2.45, 2.75) is 39.2 Å². The van der Waals surface area contributed by atoms with E-state index in [0.29, 0.717) is 19.0 Å². The first-order valence-corrected chi connectivity index (χ1v) is 8.94. The highest BCUT2D eigenvalue weighted by molar-refractivity contribution is 7.92. The zero-order valence-electron chi connectivity index (χ0n) is 12.3. The number of anilines is 1. The van der Waals surface area contributed by atoms with Crippen LogP contribution in [-0.4, -0.2) is 33.3 Å². The second kappa shape index (κ2) is 6.59. The van der Waals surface area contributed by atoms with Gasteiger partial charge in [-0.1, -0.05) is 12.1 Å². The molecular formula is C15H24N2O2S. The molecule has 0 spiro atoms. The Hall–Kier alpha value is -1.07. The van der Waals surface area contributed by atoms with Crippen molar-refractivity contribution >= 4 is 15.7 Å². The molecule has 20 heavy (non-hydrogen) atoms. The van der Waals surface area contributed by atoms with Gasteiger partial charge in [-0.25, -0.2) is 8.42 Å². The van der Waals surface area contributed by atoms with Crippen LogP contribution in [0, 0.1) is 6.92 Å². The summed E-state index contributed by atoms with van der Waals surface area (Å²) in [6.07, 6.45) is 3.13. The van der Waals surface area contributed by atoms with E-state index in [-0.39, 0.29) is 5.75 Å². The average molecular weight is 296 g/mol. The third-order valence-electron chi connectivity index (χ3n) is 3.50. The lowest BCUT2D eigenvalue weighted by Crippen LogP contribution is -2.34. The fraction of sp³-hybridized carbons (Fsp3) is 0.600. The molecule has 112 valence electrons. The fourth-order valence-corrected chi connectivity index (χ4v) is 3.84. The van der Waals surface area contributed by atoms with Crippen LogP contribution < -0.4 is 9.62 Å². The largest absolute Gasteiger partial charge is 0.314 e. The molecule has 1 N–H and O–H groups in total. The molecule has 2 rings (SSSR count). The van der Waals surface area contributed by atoms with Crippen LogP contribution in [0.3, 0.4) is 0 Å². The van der Waals surface area contributed by atoms with Gasteiger partial charge in [0.25, 0.3) is 0 Å². The van der Waals surface area contributed by atoms with Gasteiger partial charge in [-0.05, 0) is 57.4 Å². The van der Waals surface area contributed by atoms with Crippen LogP contribution in [0.25, 0.3) is 0 Å². The number of hydrogen-bond acceptors (Lipinski definition) is 3. The van der Waals surface area contributed by atoms with E-state index < -0.39 is 10.0 Å². The van der Waals surface area contributed by atoms with Crippen LogP contribution in [-0.2, 0) is 10.0 Å². The molecule has 0 amide bonds. The molecule has 0 heterocycles. The summed E-state index contributed by atoms with van der Waals surface area (Å²) in [7, 11) is -3.23. The van der Waals surface area contributed by atoms with Gasteiger partial charge in [0.05, 0.1) is 11.4 Å². The Morgan fingerprint density at radius 3 is 2.70 bits per heavy atom. The van der Waals surface area contributed by atoms with Crippen LogP contribution in [0.15, 0.2) is 24.3 Å². The fourth-order valence-electron chi connectivity index (χ4n) is 2.28. The monoisotopic (exact) mass is 296 g/mol. The van der Waals surface area contributed by atoms with E-state index in [0.717, 1.165) is 17.8 Å². The molecule has 0 aromatic heterocycles. The summed E-state index contributed by atoms with van der Waals surface area (Å²) in [6, 6.07) is 8.29. The minimum absolute atomic E-state index is 0.203. The summed E-state index contributed by atoms with van der Waals surface area (Å²) >= 11 is 0. The quantitative estimate of drug-likeness (QED) is 0.749. The van der Waals surface area contributed by atoms with E-state index in [2.05, 4.69) is 5.32 Å². The van der Waals surface area contributed by atoms with E-state index in [9.17, 15) is 8.42 Å². The van der Waals surface area contributed by atoms with Gasteiger partial charge in [0, 0.05) is 12.6 Å². The van der Waals surface area contributed by atoms with E-state index in [1.807, 2.05) is 38.1 Å². The molecule has 0 saturated heterocycles. The van der Waals surface area contributed by atoms with Gasteiger partial charge < -0.3 is 5.32 Å². The Morgan fingerprint density at radius 2 is 2.10 bits per heavy atom. The lowest BCUT2D eigenvalue weighted by Gasteiger charge is -2.23. The second-order valence-electron chi connectivity index (χ2n) is 5.40. The molecule has 4 nitrogen and oxygen atoms in total. The summed E-state index contributed by atoms with van der Waals surface area (Å²) in [5.74, 6) is 0.203. The molecule has 5 heteroatoms. The Labute approximate surface area is 122 Å². The topological polar surface area (TPSA) is 49.4 Å². The molecule has 1 fully saturated rings. The SMILES string of the molecule is CCN(c1cccc(C)c1)S(=O)(=O)CCCNC1CC1. The first-order valence-electron chi connectivity index (χ1n) is 7.33. The summed E-state index contributed by atoms with van der Waals surface area (Å²) in [5.41, 5.74) is 1.84. The van der Waals surface area contributed by atoms with Gasteiger partial charge in [-0.15, -0.1) is 0 Å². The lowest BCUT2D eigenvalue weighted by molar-refractivity contribution is 0.584. The number of rotatable bonds is 8. The maximum absolute atomic E-state index is 12.4. The predicted octanol–water partition coefficient (Wildman–Crippen LogP) is 2.29. The Morgan fingerprint density at radius 1 is 1.35 bits per heavy atom. The number of benzene rings is 1. The highest BCUT2D eigenvalue weighted by Gasteiger charge is 2.22. The molecule has 1 aliphatic carbocycles. The minimum atomic E-state index is -3.23. The zero-order valence-corrected chi connectivity index (χ0v) is 13.1. The van der Waals surface area contributed by atoms with Crippen LogP contribution >= 0.6 is 0 Å². The number of nitrogens with one attached hydrogen (secondary N) is 1. The summed E-state index contributed by atoms with van der Waals surface area (Å²) < 4.78 is 26.4. The van der Waals surface area contributed by atoms with Crippen molar-refractivity contribution < 1.29 is 8.42 Å². The van der Waals surface area contributed by atoms with Crippen LogP contribution in [0.4, 0.5) is 5.69 Å². The van der Waals surface area contributed by atoms with Crippen LogP contribution in [0.1, 0.15) is 31.7 Å². The molecule has 0 atom stereocenters. The highest BCUT2D eigenvalue weighted by Crippen LogP contribution is 2.20. The Kier molecular flexibility index (Phi) is 5.05. The smallest absolute Gasteiger partial charge is 0.235 e. The first-order chi connectivity index (χ1) is 9.53. The van der Waals surface area contributed by atoms with Crippen molar-refractivity contribution in [1.82, 2.24) is 5.32 Å². The molecule has 1 aliphatic rings. The molecule has 1 aromatic carbocycles. The van der Waals surface area contributed by atoms with E-state index in [1.54, 1.807) is 0 Å². The van der Waals surface area contributed by atoms with Crippen LogP contribution in [0.2, 0.25) is 0 Å². The molecule has 1 saturated carbocycles. The first kappa shape index (κ1) is 15.3. The number of sulfonamides is 1. The average Bonchev–Trinajstić information content (AvgIpc) is 3.19. The van der Waals surface area contributed by atoms with Crippen molar-refractivity contribution in [1.29, 1.82) is 0 Å².